The van der Waals surface area contributed by atoms with E-state index in [0.29, 0.717) is 25.9 Å². The van der Waals surface area contributed by atoms with Crippen molar-refractivity contribution in [2.75, 3.05) is 13.7 Å². The molecule has 0 bridgehead atoms. The normalized spacial score (nSPS) is 26.6. The number of carbonyl (C=O) groups is 1. The number of rotatable bonds is 5. The number of hydrogen-bond acceptors (Lipinski definition) is 3. The number of aliphatic hydroxyl groups is 1. The number of aliphatic hydroxyl groups excluding tert-OH is 1. The molecular formula is C9H17NO3. The fourth-order valence-corrected chi connectivity index (χ4v) is 1.38. The first-order valence-electron chi connectivity index (χ1n) is 4.68. The van der Waals surface area contributed by atoms with Gasteiger partial charge in [0, 0.05) is 26.2 Å². The summed E-state index contributed by atoms with van der Waals surface area (Å²) in [5.74, 6) is 0.0638. The van der Waals surface area contributed by atoms with Crippen LogP contribution in [0, 0.1) is 0 Å². The molecule has 4 heteroatoms. The summed E-state index contributed by atoms with van der Waals surface area (Å²) in [7, 11) is 1.63. The minimum Gasteiger partial charge on any atom is -0.393 e. The summed E-state index contributed by atoms with van der Waals surface area (Å²) >= 11 is 0. The number of hydrogen-bond donors (Lipinski definition) is 2. The van der Waals surface area contributed by atoms with E-state index in [1.165, 1.54) is 0 Å². The minimum atomic E-state index is -0.204. The second kappa shape index (κ2) is 5.19. The van der Waals surface area contributed by atoms with E-state index in [-0.39, 0.29) is 18.1 Å². The van der Waals surface area contributed by atoms with Crippen molar-refractivity contribution in [3.05, 3.63) is 0 Å². The van der Waals surface area contributed by atoms with Gasteiger partial charge in [-0.15, -0.1) is 0 Å². The molecule has 0 aromatic rings. The van der Waals surface area contributed by atoms with Gasteiger partial charge in [-0.3, -0.25) is 4.79 Å². The Bertz CT molecular complexity index is 166. The Hall–Kier alpha value is -0.610. The first-order valence-corrected chi connectivity index (χ1v) is 4.68. The Morgan fingerprint density at radius 3 is 2.85 bits per heavy atom. The maximum absolute atomic E-state index is 11.2. The van der Waals surface area contributed by atoms with E-state index in [0.717, 1.165) is 6.42 Å². The Morgan fingerprint density at radius 1 is 1.62 bits per heavy atom. The summed E-state index contributed by atoms with van der Waals surface area (Å²) in [5, 5.41) is 11.8. The molecule has 0 aromatic heterocycles. The molecule has 0 radical (unpaired) electrons. The maximum Gasteiger partial charge on any atom is 0.220 e. The van der Waals surface area contributed by atoms with Crippen LogP contribution in [0.1, 0.15) is 25.7 Å². The lowest BCUT2D eigenvalue weighted by Gasteiger charge is -2.31. The van der Waals surface area contributed by atoms with Gasteiger partial charge in [0.15, 0.2) is 0 Å². The molecule has 1 aliphatic carbocycles. The molecule has 0 saturated heterocycles. The van der Waals surface area contributed by atoms with E-state index < -0.39 is 0 Å². The Morgan fingerprint density at radius 2 is 2.31 bits per heavy atom. The number of methoxy groups -OCH3 is 1. The molecule has 0 atom stereocenters. The van der Waals surface area contributed by atoms with Crippen LogP contribution in [0.5, 0.6) is 0 Å². The van der Waals surface area contributed by atoms with Gasteiger partial charge in [-0.05, 0) is 19.3 Å². The van der Waals surface area contributed by atoms with Crippen LogP contribution in [-0.4, -0.2) is 36.9 Å². The quantitative estimate of drug-likeness (QED) is 0.598. The molecule has 0 spiro atoms. The molecular weight excluding hydrogens is 170 g/mol. The molecule has 4 nitrogen and oxygen atoms in total. The average Bonchev–Trinajstić information content (AvgIpc) is 2.02. The standard InChI is InChI=1S/C9H17NO3/c1-13-4-2-3-9(12)10-7-5-8(11)6-7/h7-8,11H,2-6H2,1H3,(H,10,12). The van der Waals surface area contributed by atoms with Gasteiger partial charge in [-0.2, -0.15) is 0 Å². The SMILES string of the molecule is COCCCC(=O)NC1CC(O)C1. The van der Waals surface area contributed by atoms with Crippen molar-refractivity contribution < 1.29 is 14.6 Å². The second-order valence-electron chi connectivity index (χ2n) is 3.49. The summed E-state index contributed by atoms with van der Waals surface area (Å²) in [6, 6.07) is 0.199. The summed E-state index contributed by atoms with van der Waals surface area (Å²) in [6.45, 7) is 0.626. The predicted octanol–water partition coefficient (Wildman–Crippen LogP) is 0.0525. The van der Waals surface area contributed by atoms with Crippen LogP contribution in [0.15, 0.2) is 0 Å². The molecule has 2 N–H and O–H groups in total. The second-order valence-corrected chi connectivity index (χ2v) is 3.49. The molecule has 1 amide bonds. The molecule has 1 fully saturated rings. The van der Waals surface area contributed by atoms with E-state index in [1.54, 1.807) is 7.11 Å². The van der Waals surface area contributed by atoms with Crippen molar-refractivity contribution >= 4 is 5.91 Å². The summed E-state index contributed by atoms with van der Waals surface area (Å²) in [5.41, 5.74) is 0. The molecule has 0 aromatic carbocycles. The molecule has 13 heavy (non-hydrogen) atoms. The lowest BCUT2D eigenvalue weighted by atomic mass is 9.89. The largest absolute Gasteiger partial charge is 0.393 e. The van der Waals surface area contributed by atoms with Crippen LogP contribution in [0.25, 0.3) is 0 Å². The molecule has 1 saturated carbocycles. The van der Waals surface area contributed by atoms with Crippen molar-refractivity contribution in [1.82, 2.24) is 5.32 Å². The highest BCUT2D eigenvalue weighted by molar-refractivity contribution is 5.76. The number of ether oxygens (including phenoxy) is 1. The zero-order valence-electron chi connectivity index (χ0n) is 7.95. The molecule has 0 aliphatic heterocycles. The van der Waals surface area contributed by atoms with Crippen LogP contribution < -0.4 is 5.32 Å². The average molecular weight is 187 g/mol. The van der Waals surface area contributed by atoms with Crippen molar-refractivity contribution in [3.63, 3.8) is 0 Å². The van der Waals surface area contributed by atoms with Crippen molar-refractivity contribution in [1.29, 1.82) is 0 Å². The van der Waals surface area contributed by atoms with Crippen LogP contribution in [0.2, 0.25) is 0 Å². The first kappa shape index (κ1) is 10.5. The highest BCUT2D eigenvalue weighted by Crippen LogP contribution is 2.19. The van der Waals surface area contributed by atoms with Crippen LogP contribution >= 0.6 is 0 Å². The topological polar surface area (TPSA) is 58.6 Å². The number of amides is 1. The minimum absolute atomic E-state index is 0.0638. The fourth-order valence-electron chi connectivity index (χ4n) is 1.38. The Labute approximate surface area is 78.3 Å². The van der Waals surface area contributed by atoms with Gasteiger partial charge in [-0.25, -0.2) is 0 Å². The van der Waals surface area contributed by atoms with Gasteiger partial charge in [0.1, 0.15) is 0 Å². The summed E-state index contributed by atoms with van der Waals surface area (Å²) in [6.07, 6.45) is 2.48. The van der Waals surface area contributed by atoms with Crippen molar-refractivity contribution in [3.8, 4) is 0 Å². The van der Waals surface area contributed by atoms with Gasteiger partial charge in [0.2, 0.25) is 5.91 Å². The van der Waals surface area contributed by atoms with Gasteiger partial charge in [-0.1, -0.05) is 0 Å². The summed E-state index contributed by atoms with van der Waals surface area (Å²) in [4.78, 5) is 11.2. The van der Waals surface area contributed by atoms with Gasteiger partial charge in [0.05, 0.1) is 6.10 Å². The van der Waals surface area contributed by atoms with E-state index >= 15 is 0 Å². The molecule has 1 rings (SSSR count). The third-order valence-corrected chi connectivity index (χ3v) is 2.23. The van der Waals surface area contributed by atoms with E-state index in [1.807, 2.05) is 0 Å². The van der Waals surface area contributed by atoms with E-state index in [4.69, 9.17) is 9.84 Å². The number of nitrogens with one attached hydrogen (secondary N) is 1. The van der Waals surface area contributed by atoms with Crippen LogP contribution in [-0.2, 0) is 9.53 Å². The van der Waals surface area contributed by atoms with Gasteiger partial charge < -0.3 is 15.2 Å². The molecule has 0 heterocycles. The zero-order valence-corrected chi connectivity index (χ0v) is 7.95. The first-order chi connectivity index (χ1) is 6.22. The molecule has 0 unspecified atom stereocenters. The van der Waals surface area contributed by atoms with Crippen molar-refractivity contribution in [2.45, 2.75) is 37.8 Å². The third-order valence-electron chi connectivity index (χ3n) is 2.23. The highest BCUT2D eigenvalue weighted by Gasteiger charge is 2.27. The molecule has 76 valence electrons. The monoisotopic (exact) mass is 187 g/mol. The summed E-state index contributed by atoms with van der Waals surface area (Å²) < 4.78 is 4.83. The zero-order chi connectivity index (χ0) is 9.68. The smallest absolute Gasteiger partial charge is 0.220 e. The maximum atomic E-state index is 11.2. The Balaban J connectivity index is 1.98. The Kier molecular flexibility index (Phi) is 4.18. The lowest BCUT2D eigenvalue weighted by Crippen LogP contribution is -2.46. The van der Waals surface area contributed by atoms with Crippen LogP contribution in [0.3, 0.4) is 0 Å². The lowest BCUT2D eigenvalue weighted by molar-refractivity contribution is -0.123. The number of carbonyl (C=O) groups excluding carboxylic acids is 1. The van der Waals surface area contributed by atoms with Gasteiger partial charge in [0.25, 0.3) is 0 Å². The van der Waals surface area contributed by atoms with E-state index in [2.05, 4.69) is 5.32 Å². The predicted molar refractivity (Wildman–Crippen MR) is 48.3 cm³/mol. The fraction of sp³-hybridized carbons (Fsp3) is 0.889. The highest BCUT2D eigenvalue weighted by atomic mass is 16.5. The van der Waals surface area contributed by atoms with Crippen LogP contribution in [0.4, 0.5) is 0 Å². The molecule has 1 aliphatic rings. The third kappa shape index (κ3) is 3.74. The van der Waals surface area contributed by atoms with E-state index in [9.17, 15) is 4.79 Å². The van der Waals surface area contributed by atoms with Crippen molar-refractivity contribution in [2.24, 2.45) is 0 Å². The van der Waals surface area contributed by atoms with Gasteiger partial charge >= 0.3 is 0 Å².